The Balaban J connectivity index is 1.30. The average Bonchev–Trinajstić information content (AvgIpc) is 3.16. The molecular weight excluding hydrogens is 372 g/mol. The lowest BCUT2D eigenvalue weighted by Gasteiger charge is -2.57. The first-order valence-corrected chi connectivity index (χ1v) is 13.0. The summed E-state index contributed by atoms with van der Waals surface area (Å²) in [6.45, 7) is 10.7. The largest absolute Gasteiger partial charge is 0.393 e. The van der Waals surface area contributed by atoms with E-state index in [4.69, 9.17) is 9.47 Å². The van der Waals surface area contributed by atoms with Crippen LogP contribution in [0.15, 0.2) is 11.6 Å². The predicted octanol–water partition coefficient (Wildman–Crippen LogP) is 5.71. The van der Waals surface area contributed by atoms with Crippen LogP contribution < -0.4 is 0 Å². The average molecular weight is 415 g/mol. The van der Waals surface area contributed by atoms with Gasteiger partial charge in [-0.3, -0.25) is 0 Å². The Morgan fingerprint density at radius 2 is 1.87 bits per heavy atom. The highest BCUT2D eigenvalue weighted by Gasteiger charge is 2.67. The fraction of sp³-hybridized carbons (Fsp3) is 0.926. The smallest absolute Gasteiger partial charge is 0.171 e. The number of rotatable bonds is 0. The van der Waals surface area contributed by atoms with E-state index >= 15 is 0 Å². The van der Waals surface area contributed by atoms with Gasteiger partial charge in [0.1, 0.15) is 0 Å². The molecule has 4 aliphatic carbocycles. The van der Waals surface area contributed by atoms with Crippen molar-refractivity contribution in [3.8, 4) is 0 Å². The van der Waals surface area contributed by atoms with E-state index in [9.17, 15) is 5.11 Å². The lowest BCUT2D eigenvalue weighted by molar-refractivity contribution is -0.272. The van der Waals surface area contributed by atoms with Gasteiger partial charge in [0.15, 0.2) is 5.79 Å². The van der Waals surface area contributed by atoms with Gasteiger partial charge in [-0.15, -0.1) is 0 Å². The van der Waals surface area contributed by atoms with Crippen molar-refractivity contribution in [1.82, 2.24) is 0 Å². The standard InChI is InChI=1S/C27H42O3/c1-16-7-12-27(29-15-16)17(2)24-23(30-27)14-22-20-6-5-18-13-19(28)8-10-25(18,3)21(20)9-11-26(22,24)4/h9,16-20,22-24,28H,5-8,10-15H2,1-4H3/t16-,17+,18+,19-,20-,22-,23-,24+,25+,26+,27+/m1/s1. The van der Waals surface area contributed by atoms with Crippen LogP contribution in [0.3, 0.4) is 0 Å². The first-order valence-electron chi connectivity index (χ1n) is 13.0. The van der Waals surface area contributed by atoms with Gasteiger partial charge in [-0.2, -0.15) is 0 Å². The highest BCUT2D eigenvalue weighted by molar-refractivity contribution is 5.30. The van der Waals surface area contributed by atoms with Crippen LogP contribution >= 0.6 is 0 Å². The molecule has 2 heterocycles. The Morgan fingerprint density at radius 3 is 2.63 bits per heavy atom. The molecule has 6 aliphatic rings. The summed E-state index contributed by atoms with van der Waals surface area (Å²) < 4.78 is 13.3. The summed E-state index contributed by atoms with van der Waals surface area (Å²) in [5.74, 6) is 3.68. The van der Waals surface area contributed by atoms with Crippen LogP contribution in [0, 0.1) is 46.3 Å². The second kappa shape index (κ2) is 6.58. The van der Waals surface area contributed by atoms with E-state index in [1.165, 1.54) is 38.5 Å². The molecule has 11 atom stereocenters. The summed E-state index contributed by atoms with van der Waals surface area (Å²) in [7, 11) is 0. The summed E-state index contributed by atoms with van der Waals surface area (Å²) >= 11 is 0. The Kier molecular flexibility index (Phi) is 4.44. The summed E-state index contributed by atoms with van der Waals surface area (Å²) in [4.78, 5) is 0. The monoisotopic (exact) mass is 414 g/mol. The molecule has 0 aromatic heterocycles. The van der Waals surface area contributed by atoms with Gasteiger partial charge >= 0.3 is 0 Å². The number of hydrogen-bond acceptors (Lipinski definition) is 3. The fourth-order valence-electron chi connectivity index (χ4n) is 9.52. The zero-order valence-corrected chi connectivity index (χ0v) is 19.5. The molecule has 0 radical (unpaired) electrons. The lowest BCUT2D eigenvalue weighted by atomic mass is 9.48. The molecule has 0 unspecified atom stereocenters. The van der Waals surface area contributed by atoms with Gasteiger partial charge in [-0.05, 0) is 91.8 Å². The van der Waals surface area contributed by atoms with E-state index < -0.39 is 0 Å². The van der Waals surface area contributed by atoms with E-state index in [0.29, 0.717) is 40.6 Å². The molecule has 3 nitrogen and oxygen atoms in total. The van der Waals surface area contributed by atoms with Gasteiger partial charge in [0.25, 0.3) is 0 Å². The SMILES string of the molecule is C[C@@H]1CC[C@]2(OC1)O[C@@H]1C[C@@H]3[C@@H]4CC[C@H]5C[C@H](O)CC[C@]5(C)C4=CC[C@]3(C)[C@H]1[C@@H]2C. The van der Waals surface area contributed by atoms with Gasteiger partial charge in [0.2, 0.25) is 0 Å². The molecule has 3 heteroatoms. The summed E-state index contributed by atoms with van der Waals surface area (Å²) in [6, 6.07) is 0. The Bertz CT molecular complexity index is 736. The maximum atomic E-state index is 10.3. The molecule has 168 valence electrons. The van der Waals surface area contributed by atoms with Crippen molar-refractivity contribution in [2.75, 3.05) is 6.61 Å². The number of hydrogen-bond donors (Lipinski definition) is 1. The molecular formula is C27H42O3. The molecule has 0 amide bonds. The van der Waals surface area contributed by atoms with Gasteiger partial charge in [0.05, 0.1) is 18.8 Å². The van der Waals surface area contributed by atoms with E-state index in [2.05, 4.69) is 33.8 Å². The zero-order chi connectivity index (χ0) is 20.9. The van der Waals surface area contributed by atoms with Gasteiger partial charge in [-0.1, -0.05) is 39.3 Å². The van der Waals surface area contributed by atoms with Crippen LogP contribution in [-0.4, -0.2) is 29.7 Å². The van der Waals surface area contributed by atoms with Gasteiger partial charge in [0, 0.05) is 12.3 Å². The minimum absolute atomic E-state index is 0.0661. The maximum Gasteiger partial charge on any atom is 0.171 e. The molecule has 0 aromatic rings. The van der Waals surface area contributed by atoms with Crippen molar-refractivity contribution < 1.29 is 14.6 Å². The molecule has 1 N–H and O–H groups in total. The Hall–Kier alpha value is -0.380. The third-order valence-corrected chi connectivity index (χ3v) is 11.3. The topological polar surface area (TPSA) is 38.7 Å². The number of aliphatic hydroxyl groups excluding tert-OH is 1. The number of fused-ring (bicyclic) bond motifs is 7. The highest BCUT2D eigenvalue weighted by Crippen LogP contribution is 2.69. The van der Waals surface area contributed by atoms with Crippen LogP contribution in [0.25, 0.3) is 0 Å². The minimum Gasteiger partial charge on any atom is -0.393 e. The molecule has 5 fully saturated rings. The maximum absolute atomic E-state index is 10.3. The second-order valence-corrected chi connectivity index (χ2v) is 12.7. The quantitative estimate of drug-likeness (QED) is 0.516. The van der Waals surface area contributed by atoms with Gasteiger partial charge in [-0.25, -0.2) is 0 Å². The van der Waals surface area contributed by atoms with E-state index in [1.54, 1.807) is 5.57 Å². The third kappa shape index (κ3) is 2.55. The van der Waals surface area contributed by atoms with Crippen molar-refractivity contribution in [3.63, 3.8) is 0 Å². The van der Waals surface area contributed by atoms with Crippen molar-refractivity contribution in [2.24, 2.45) is 46.3 Å². The van der Waals surface area contributed by atoms with E-state index in [1.807, 2.05) is 0 Å². The first-order chi connectivity index (χ1) is 14.3. The van der Waals surface area contributed by atoms with Crippen LogP contribution in [0.1, 0.15) is 85.5 Å². The number of allylic oxidation sites excluding steroid dienone is 2. The van der Waals surface area contributed by atoms with Crippen LogP contribution in [0.5, 0.6) is 0 Å². The Labute approximate surface area is 183 Å². The molecule has 0 bridgehead atoms. The van der Waals surface area contributed by atoms with Crippen molar-refractivity contribution in [2.45, 2.75) is 103 Å². The van der Waals surface area contributed by atoms with E-state index in [-0.39, 0.29) is 11.9 Å². The highest BCUT2D eigenvalue weighted by atomic mass is 16.7. The fourth-order valence-corrected chi connectivity index (χ4v) is 9.52. The van der Waals surface area contributed by atoms with Crippen molar-refractivity contribution >= 4 is 0 Å². The van der Waals surface area contributed by atoms with E-state index in [0.717, 1.165) is 37.7 Å². The third-order valence-electron chi connectivity index (χ3n) is 11.3. The summed E-state index contributed by atoms with van der Waals surface area (Å²) in [5.41, 5.74) is 2.46. The molecule has 1 spiro atoms. The number of ether oxygens (including phenoxy) is 2. The lowest BCUT2D eigenvalue weighted by Crippen LogP contribution is -2.50. The molecule has 6 rings (SSSR count). The van der Waals surface area contributed by atoms with Gasteiger partial charge < -0.3 is 14.6 Å². The number of aliphatic hydroxyl groups is 1. The molecule has 3 saturated carbocycles. The molecule has 2 aliphatic heterocycles. The molecule has 30 heavy (non-hydrogen) atoms. The Morgan fingerprint density at radius 1 is 1.03 bits per heavy atom. The zero-order valence-electron chi connectivity index (χ0n) is 19.5. The molecule has 2 saturated heterocycles. The van der Waals surface area contributed by atoms with Crippen molar-refractivity contribution in [1.29, 1.82) is 0 Å². The van der Waals surface area contributed by atoms with Crippen LogP contribution in [-0.2, 0) is 9.47 Å². The van der Waals surface area contributed by atoms with Crippen LogP contribution in [0.2, 0.25) is 0 Å². The van der Waals surface area contributed by atoms with Crippen molar-refractivity contribution in [3.05, 3.63) is 11.6 Å². The predicted molar refractivity (Wildman–Crippen MR) is 118 cm³/mol. The first kappa shape index (κ1) is 20.2. The second-order valence-electron chi connectivity index (χ2n) is 12.7. The summed E-state index contributed by atoms with van der Waals surface area (Å²) in [5, 5.41) is 10.3. The minimum atomic E-state index is -0.303. The molecule has 0 aromatic carbocycles. The summed E-state index contributed by atoms with van der Waals surface area (Å²) in [6.07, 6.45) is 13.6. The normalized spacial score (nSPS) is 59.8. The van der Waals surface area contributed by atoms with Crippen LogP contribution in [0.4, 0.5) is 0 Å².